The molecule has 1 heterocycles. The molecule has 0 atom stereocenters. The molecule has 2 nitrogen and oxygen atoms in total. The normalized spacial score (nSPS) is 19.3. The summed E-state index contributed by atoms with van der Waals surface area (Å²) in [6.07, 6.45) is 10.7. The Labute approximate surface area is 66.6 Å². The molecule has 11 heavy (non-hydrogen) atoms. The van der Waals surface area contributed by atoms with Crippen LogP contribution in [0.2, 0.25) is 0 Å². The van der Waals surface area contributed by atoms with Gasteiger partial charge in [0.05, 0.1) is 6.20 Å². The maximum atomic E-state index is 5.06. The average molecular weight is 150 g/mol. The standard InChI is InChI=1S/C9H12NO/c1-2-4-8(3-1)7-9-10-5-6-11-9/h5,8H,1-4,7H2. The molecular weight excluding hydrogens is 138 g/mol. The van der Waals surface area contributed by atoms with Gasteiger partial charge in [0.25, 0.3) is 0 Å². The van der Waals surface area contributed by atoms with Crippen molar-refractivity contribution in [2.45, 2.75) is 32.1 Å². The fourth-order valence-electron chi connectivity index (χ4n) is 1.77. The van der Waals surface area contributed by atoms with E-state index in [9.17, 15) is 0 Å². The highest BCUT2D eigenvalue weighted by atomic mass is 16.3. The van der Waals surface area contributed by atoms with Crippen LogP contribution >= 0.6 is 0 Å². The highest BCUT2D eigenvalue weighted by molar-refractivity contribution is 4.83. The van der Waals surface area contributed by atoms with Crippen LogP contribution in [0, 0.1) is 12.2 Å². The zero-order valence-electron chi connectivity index (χ0n) is 6.55. The molecule has 2 rings (SSSR count). The van der Waals surface area contributed by atoms with E-state index in [1.165, 1.54) is 25.7 Å². The third-order valence-corrected chi connectivity index (χ3v) is 2.38. The fraction of sp³-hybridized carbons (Fsp3) is 0.667. The molecule has 1 aliphatic rings. The Bertz CT molecular complexity index is 199. The SMILES string of the molecule is [c]1cnc(CC2CCCC2)o1. The molecule has 59 valence electrons. The summed E-state index contributed by atoms with van der Waals surface area (Å²) < 4.78 is 5.06. The minimum absolute atomic E-state index is 0.821. The second-order valence-electron chi connectivity index (χ2n) is 3.23. The van der Waals surface area contributed by atoms with Crippen LogP contribution in [0.1, 0.15) is 31.6 Å². The fourth-order valence-corrected chi connectivity index (χ4v) is 1.77. The molecular formula is C9H12NO. The molecule has 1 radical (unpaired) electrons. The van der Waals surface area contributed by atoms with Crippen molar-refractivity contribution in [1.82, 2.24) is 4.98 Å². The maximum Gasteiger partial charge on any atom is 0.195 e. The van der Waals surface area contributed by atoms with Crippen LogP contribution in [0.4, 0.5) is 0 Å². The molecule has 1 aromatic heterocycles. The summed E-state index contributed by atoms with van der Waals surface area (Å²) in [5.41, 5.74) is 0. The summed E-state index contributed by atoms with van der Waals surface area (Å²) in [5, 5.41) is 0. The smallest absolute Gasteiger partial charge is 0.195 e. The number of nitrogens with zero attached hydrogens (tertiary/aromatic N) is 1. The number of oxazole rings is 1. The van der Waals surface area contributed by atoms with Crippen molar-refractivity contribution in [2.75, 3.05) is 0 Å². The maximum absolute atomic E-state index is 5.06. The number of aromatic nitrogens is 1. The molecule has 0 aliphatic heterocycles. The van der Waals surface area contributed by atoms with E-state index in [-0.39, 0.29) is 0 Å². The van der Waals surface area contributed by atoms with E-state index in [0.717, 1.165) is 18.2 Å². The van der Waals surface area contributed by atoms with Gasteiger partial charge in [-0.15, -0.1) is 0 Å². The Hall–Kier alpha value is -0.790. The lowest BCUT2D eigenvalue weighted by atomic mass is 10.0. The zero-order chi connectivity index (χ0) is 7.52. The van der Waals surface area contributed by atoms with Crippen molar-refractivity contribution in [2.24, 2.45) is 5.92 Å². The topological polar surface area (TPSA) is 26.0 Å². The Morgan fingerprint density at radius 3 is 3.00 bits per heavy atom. The first-order valence-corrected chi connectivity index (χ1v) is 4.26. The van der Waals surface area contributed by atoms with E-state index in [0.29, 0.717) is 0 Å². The highest BCUT2D eigenvalue weighted by Gasteiger charge is 2.16. The summed E-state index contributed by atoms with van der Waals surface area (Å²) in [7, 11) is 0. The van der Waals surface area contributed by atoms with Gasteiger partial charge in [-0.1, -0.05) is 12.8 Å². The second kappa shape index (κ2) is 3.07. The van der Waals surface area contributed by atoms with Crippen LogP contribution in [-0.4, -0.2) is 4.98 Å². The lowest BCUT2D eigenvalue weighted by molar-refractivity contribution is 0.427. The Kier molecular flexibility index (Phi) is 1.93. The van der Waals surface area contributed by atoms with Crippen molar-refractivity contribution in [3.05, 3.63) is 18.4 Å². The summed E-state index contributed by atoms with van der Waals surface area (Å²) >= 11 is 0. The molecule has 2 heteroatoms. The molecule has 0 amide bonds. The average Bonchev–Trinajstić information content (AvgIpc) is 2.60. The Morgan fingerprint density at radius 2 is 2.36 bits per heavy atom. The van der Waals surface area contributed by atoms with Gasteiger partial charge >= 0.3 is 0 Å². The van der Waals surface area contributed by atoms with Crippen LogP contribution in [0.25, 0.3) is 0 Å². The van der Waals surface area contributed by atoms with Crippen molar-refractivity contribution >= 4 is 0 Å². The van der Waals surface area contributed by atoms with E-state index in [1.54, 1.807) is 6.20 Å². The van der Waals surface area contributed by atoms with Gasteiger partial charge in [0.15, 0.2) is 12.2 Å². The zero-order valence-corrected chi connectivity index (χ0v) is 6.55. The predicted molar refractivity (Wildman–Crippen MR) is 41.0 cm³/mol. The molecule has 1 fully saturated rings. The van der Waals surface area contributed by atoms with Gasteiger partial charge in [-0.25, -0.2) is 4.98 Å². The first-order valence-electron chi connectivity index (χ1n) is 4.26. The van der Waals surface area contributed by atoms with Gasteiger partial charge in [-0.2, -0.15) is 0 Å². The summed E-state index contributed by atoms with van der Waals surface area (Å²) in [6.45, 7) is 0. The monoisotopic (exact) mass is 150 g/mol. The molecule has 0 aromatic carbocycles. The van der Waals surface area contributed by atoms with Crippen molar-refractivity contribution in [3.63, 3.8) is 0 Å². The predicted octanol–water partition coefficient (Wildman–Crippen LogP) is 2.21. The van der Waals surface area contributed by atoms with Gasteiger partial charge in [-0.3, -0.25) is 0 Å². The lowest BCUT2D eigenvalue weighted by Gasteiger charge is -2.03. The summed E-state index contributed by atoms with van der Waals surface area (Å²) in [5.74, 6) is 1.68. The minimum Gasteiger partial charge on any atom is -0.437 e. The number of hydrogen-bond acceptors (Lipinski definition) is 2. The Morgan fingerprint density at radius 1 is 1.55 bits per heavy atom. The molecule has 0 spiro atoms. The largest absolute Gasteiger partial charge is 0.437 e. The molecule has 0 saturated heterocycles. The van der Waals surface area contributed by atoms with Crippen molar-refractivity contribution in [3.8, 4) is 0 Å². The molecule has 0 N–H and O–H groups in total. The molecule has 1 aliphatic carbocycles. The Balaban J connectivity index is 1.90. The highest BCUT2D eigenvalue weighted by Crippen LogP contribution is 2.27. The third kappa shape index (κ3) is 1.62. The van der Waals surface area contributed by atoms with E-state index >= 15 is 0 Å². The van der Waals surface area contributed by atoms with Crippen molar-refractivity contribution in [1.29, 1.82) is 0 Å². The van der Waals surface area contributed by atoms with Crippen LogP contribution in [0.15, 0.2) is 10.6 Å². The quantitative estimate of drug-likeness (QED) is 0.646. The van der Waals surface area contributed by atoms with Crippen molar-refractivity contribution < 1.29 is 4.42 Å². The molecule has 1 aromatic rings. The molecule has 0 unspecified atom stereocenters. The molecule has 1 saturated carbocycles. The van der Waals surface area contributed by atoms with E-state index in [2.05, 4.69) is 11.2 Å². The van der Waals surface area contributed by atoms with E-state index in [4.69, 9.17) is 4.42 Å². The van der Waals surface area contributed by atoms with Gasteiger partial charge in [0.1, 0.15) is 0 Å². The summed E-state index contributed by atoms with van der Waals surface area (Å²) in [6, 6.07) is 0. The van der Waals surface area contributed by atoms with Crippen LogP contribution in [-0.2, 0) is 6.42 Å². The second-order valence-corrected chi connectivity index (χ2v) is 3.23. The van der Waals surface area contributed by atoms with Gasteiger partial charge in [0.2, 0.25) is 0 Å². The van der Waals surface area contributed by atoms with Crippen LogP contribution in [0.5, 0.6) is 0 Å². The van der Waals surface area contributed by atoms with E-state index < -0.39 is 0 Å². The minimum atomic E-state index is 0.821. The number of hydrogen-bond donors (Lipinski definition) is 0. The van der Waals surface area contributed by atoms with Gasteiger partial charge in [-0.05, 0) is 18.8 Å². The van der Waals surface area contributed by atoms with E-state index in [1.807, 2.05) is 0 Å². The van der Waals surface area contributed by atoms with Crippen LogP contribution in [0.3, 0.4) is 0 Å². The first-order chi connectivity index (χ1) is 5.45. The van der Waals surface area contributed by atoms with Crippen LogP contribution < -0.4 is 0 Å². The number of rotatable bonds is 2. The van der Waals surface area contributed by atoms with Gasteiger partial charge < -0.3 is 4.42 Å². The molecule has 0 bridgehead atoms. The van der Waals surface area contributed by atoms with Gasteiger partial charge in [0, 0.05) is 6.42 Å². The summed E-state index contributed by atoms with van der Waals surface area (Å²) in [4.78, 5) is 4.06. The first kappa shape index (κ1) is 6.89. The third-order valence-electron chi connectivity index (χ3n) is 2.38. The lowest BCUT2D eigenvalue weighted by Crippen LogP contribution is -1.98.